The molecule has 2 fully saturated rings. The van der Waals surface area contributed by atoms with E-state index in [1.807, 2.05) is 24.3 Å². The third-order valence-electron chi connectivity index (χ3n) is 7.23. The van der Waals surface area contributed by atoms with Gasteiger partial charge in [0.15, 0.2) is 0 Å². The molecule has 0 saturated carbocycles. The molecule has 2 aromatic rings. The SMILES string of the molecule is CC(C)(C)OC(=O)CN1C(=O)SC(Cc2ccc(N3CCC(NC[C@H](O)c4ccc(O)c(NS(C)(=O)=O)c4)CC3)cc2)C1=O. The van der Waals surface area contributed by atoms with Crippen molar-refractivity contribution in [3.05, 3.63) is 53.6 Å². The maximum Gasteiger partial charge on any atom is 0.326 e. The van der Waals surface area contributed by atoms with E-state index in [-0.39, 0.29) is 36.5 Å². The van der Waals surface area contributed by atoms with E-state index < -0.39 is 38.2 Å². The van der Waals surface area contributed by atoms with Crippen LogP contribution >= 0.6 is 11.8 Å². The van der Waals surface area contributed by atoms with Gasteiger partial charge in [0.1, 0.15) is 17.9 Å². The maximum atomic E-state index is 12.8. The van der Waals surface area contributed by atoms with Crippen LogP contribution in [0, 0.1) is 0 Å². The Labute approximate surface area is 262 Å². The number of sulfonamides is 1. The monoisotopic (exact) mass is 648 g/mol. The fourth-order valence-electron chi connectivity index (χ4n) is 5.11. The van der Waals surface area contributed by atoms with Crippen LogP contribution in [0.2, 0.25) is 0 Å². The highest BCUT2D eigenvalue weighted by atomic mass is 32.2. The number of benzene rings is 2. The number of phenols is 1. The highest BCUT2D eigenvalue weighted by molar-refractivity contribution is 8.15. The van der Waals surface area contributed by atoms with Crippen molar-refractivity contribution in [2.75, 3.05) is 42.1 Å². The van der Waals surface area contributed by atoms with Crippen LogP contribution in [0.25, 0.3) is 0 Å². The van der Waals surface area contributed by atoms with Crippen molar-refractivity contribution in [1.29, 1.82) is 0 Å². The van der Waals surface area contributed by atoms with Crippen molar-refractivity contribution in [3.63, 3.8) is 0 Å². The number of amides is 2. The van der Waals surface area contributed by atoms with Crippen molar-refractivity contribution in [2.45, 2.75) is 63.0 Å². The summed E-state index contributed by atoms with van der Waals surface area (Å²) in [6, 6.07) is 12.4. The number of anilines is 2. The Kier molecular flexibility index (Phi) is 10.5. The number of thioether (sulfide) groups is 1. The molecular formula is C30H40N4O8S2. The number of aliphatic hydroxyl groups is 1. The molecular weight excluding hydrogens is 608 g/mol. The number of rotatable bonds is 11. The minimum atomic E-state index is -3.58. The van der Waals surface area contributed by atoms with Crippen LogP contribution < -0.4 is 14.9 Å². The summed E-state index contributed by atoms with van der Waals surface area (Å²) in [4.78, 5) is 40.6. The molecule has 12 nitrogen and oxygen atoms in total. The van der Waals surface area contributed by atoms with Crippen molar-refractivity contribution in [3.8, 4) is 5.75 Å². The maximum absolute atomic E-state index is 12.8. The van der Waals surface area contributed by atoms with Crippen molar-refractivity contribution < 1.29 is 37.8 Å². The van der Waals surface area contributed by atoms with Crippen molar-refractivity contribution in [2.24, 2.45) is 0 Å². The molecule has 4 rings (SSSR count). The van der Waals surface area contributed by atoms with Gasteiger partial charge < -0.3 is 25.2 Å². The van der Waals surface area contributed by atoms with Gasteiger partial charge in [0.05, 0.1) is 23.3 Å². The third-order valence-corrected chi connectivity index (χ3v) is 8.90. The van der Waals surface area contributed by atoms with Crippen LogP contribution in [-0.2, 0) is 30.8 Å². The summed E-state index contributed by atoms with van der Waals surface area (Å²) in [6.07, 6.45) is 2.19. The minimum absolute atomic E-state index is 0.0191. The lowest BCUT2D eigenvalue weighted by atomic mass is 10.0. The zero-order valence-electron chi connectivity index (χ0n) is 25.3. The standard InChI is InChI=1S/C30H40N4O8S2/c1-30(2,3)42-27(37)18-34-28(38)26(43-29(34)39)15-19-5-8-22(9-6-19)33-13-11-21(12-14-33)31-17-25(36)20-7-10-24(35)23(16-20)32-44(4,40)41/h5-10,16,21,25-26,31-32,35-36H,11-15,17-18H2,1-4H3/t25-,26?/m0/s1. The molecule has 2 atom stereocenters. The number of hydrogen-bond donors (Lipinski definition) is 4. The molecule has 4 N–H and O–H groups in total. The molecule has 0 aromatic heterocycles. The lowest BCUT2D eigenvalue weighted by molar-refractivity contribution is -0.157. The van der Waals surface area contributed by atoms with Gasteiger partial charge in [-0.1, -0.05) is 30.0 Å². The average Bonchev–Trinajstić information content (AvgIpc) is 3.19. The number of phenolic OH excluding ortho intramolecular Hbond substituents is 1. The molecule has 44 heavy (non-hydrogen) atoms. The molecule has 2 saturated heterocycles. The second kappa shape index (κ2) is 13.8. The van der Waals surface area contributed by atoms with E-state index in [4.69, 9.17) is 4.74 Å². The van der Waals surface area contributed by atoms with E-state index in [0.29, 0.717) is 12.0 Å². The number of hydrogen-bond acceptors (Lipinski definition) is 11. The van der Waals surface area contributed by atoms with E-state index in [9.17, 15) is 33.0 Å². The molecule has 0 radical (unpaired) electrons. The van der Waals surface area contributed by atoms with Gasteiger partial charge in [-0.3, -0.25) is 24.0 Å². The quantitative estimate of drug-likeness (QED) is 0.209. The minimum Gasteiger partial charge on any atom is -0.506 e. The lowest BCUT2D eigenvalue weighted by Gasteiger charge is -2.34. The zero-order chi connectivity index (χ0) is 32.2. The lowest BCUT2D eigenvalue weighted by Crippen LogP contribution is -2.43. The van der Waals surface area contributed by atoms with E-state index in [1.165, 1.54) is 12.1 Å². The van der Waals surface area contributed by atoms with Gasteiger partial charge in [-0.15, -0.1) is 0 Å². The molecule has 0 aliphatic carbocycles. The Hall–Kier alpha value is -3.33. The van der Waals surface area contributed by atoms with Gasteiger partial charge in [-0.25, -0.2) is 8.42 Å². The van der Waals surface area contributed by atoms with E-state index in [1.54, 1.807) is 26.8 Å². The number of esters is 1. The molecule has 14 heteroatoms. The van der Waals surface area contributed by atoms with E-state index in [2.05, 4.69) is 14.9 Å². The van der Waals surface area contributed by atoms with Gasteiger partial charge in [0, 0.05) is 31.4 Å². The molecule has 2 aliphatic rings. The predicted octanol–water partition coefficient (Wildman–Crippen LogP) is 3.00. The summed E-state index contributed by atoms with van der Waals surface area (Å²) in [5.41, 5.74) is 1.77. The first-order chi connectivity index (χ1) is 20.6. The largest absolute Gasteiger partial charge is 0.506 e. The van der Waals surface area contributed by atoms with E-state index >= 15 is 0 Å². The number of ether oxygens (including phenoxy) is 1. The highest BCUT2D eigenvalue weighted by Gasteiger charge is 2.41. The first-order valence-electron chi connectivity index (χ1n) is 14.4. The summed E-state index contributed by atoms with van der Waals surface area (Å²) in [5.74, 6) is -1.22. The van der Waals surface area contributed by atoms with Crippen LogP contribution in [0.3, 0.4) is 0 Å². The zero-order valence-corrected chi connectivity index (χ0v) is 26.9. The number of nitrogens with one attached hydrogen (secondary N) is 2. The van der Waals surface area contributed by atoms with Crippen LogP contribution in [0.1, 0.15) is 50.8 Å². The highest BCUT2D eigenvalue weighted by Crippen LogP contribution is 2.31. The topological polar surface area (TPSA) is 166 Å². The number of piperidine rings is 1. The summed E-state index contributed by atoms with van der Waals surface area (Å²) in [6.45, 7) is 6.68. The second-order valence-electron chi connectivity index (χ2n) is 12.1. The van der Waals surface area contributed by atoms with E-state index in [0.717, 1.165) is 60.1 Å². The number of carbonyl (C=O) groups is 3. The number of carbonyl (C=O) groups excluding carboxylic acids is 3. The predicted molar refractivity (Wildman–Crippen MR) is 169 cm³/mol. The van der Waals surface area contributed by atoms with Crippen LogP contribution in [0.5, 0.6) is 5.75 Å². The number of aliphatic hydroxyl groups excluding tert-OH is 1. The molecule has 2 amide bonds. The molecule has 240 valence electrons. The number of nitrogens with zero attached hydrogens (tertiary/aromatic N) is 2. The normalized spacial score (nSPS) is 18.9. The fourth-order valence-corrected chi connectivity index (χ4v) is 6.70. The Morgan fingerprint density at radius 2 is 1.77 bits per heavy atom. The molecule has 0 bridgehead atoms. The molecule has 2 heterocycles. The summed E-state index contributed by atoms with van der Waals surface area (Å²) in [5, 5.41) is 22.9. The second-order valence-corrected chi connectivity index (χ2v) is 15.0. The molecule has 1 unspecified atom stereocenters. The Morgan fingerprint density at radius 1 is 1.11 bits per heavy atom. The molecule has 2 aliphatic heterocycles. The fraction of sp³-hybridized carbons (Fsp3) is 0.500. The molecule has 0 spiro atoms. The van der Waals surface area contributed by atoms with Crippen LogP contribution in [0.4, 0.5) is 16.2 Å². The summed E-state index contributed by atoms with van der Waals surface area (Å²) in [7, 11) is -3.58. The number of aromatic hydroxyl groups is 1. The smallest absolute Gasteiger partial charge is 0.326 e. The Morgan fingerprint density at radius 3 is 2.39 bits per heavy atom. The first kappa shape index (κ1) is 33.6. The van der Waals surface area contributed by atoms with Crippen LogP contribution in [-0.4, -0.2) is 90.0 Å². The molecule has 2 aromatic carbocycles. The van der Waals surface area contributed by atoms with Crippen molar-refractivity contribution >= 4 is 50.3 Å². The average molecular weight is 649 g/mol. The van der Waals surface area contributed by atoms with Gasteiger partial charge >= 0.3 is 5.97 Å². The Balaban J connectivity index is 1.23. The third kappa shape index (κ3) is 9.34. The van der Waals surface area contributed by atoms with Gasteiger partial charge in [-0.05, 0) is 75.4 Å². The summed E-state index contributed by atoms with van der Waals surface area (Å²) < 4.78 is 30.6. The van der Waals surface area contributed by atoms with Gasteiger partial charge in [-0.2, -0.15) is 0 Å². The van der Waals surface area contributed by atoms with Gasteiger partial charge in [0.2, 0.25) is 15.9 Å². The van der Waals surface area contributed by atoms with Crippen LogP contribution in [0.15, 0.2) is 42.5 Å². The summed E-state index contributed by atoms with van der Waals surface area (Å²) >= 11 is 0.933. The van der Waals surface area contributed by atoms with Gasteiger partial charge in [0.25, 0.3) is 5.24 Å². The van der Waals surface area contributed by atoms with Crippen molar-refractivity contribution in [1.82, 2.24) is 10.2 Å². The Bertz CT molecular complexity index is 1470. The number of imide groups is 1. The first-order valence-corrected chi connectivity index (χ1v) is 17.1.